The summed E-state index contributed by atoms with van der Waals surface area (Å²) in [6.07, 6.45) is 0.628. The van der Waals surface area contributed by atoms with Crippen molar-refractivity contribution in [2.75, 3.05) is 11.9 Å². The van der Waals surface area contributed by atoms with Gasteiger partial charge in [0.25, 0.3) is 11.8 Å². The zero-order valence-electron chi connectivity index (χ0n) is 17.8. The van der Waals surface area contributed by atoms with Crippen LogP contribution in [-0.2, 0) is 0 Å². The van der Waals surface area contributed by atoms with E-state index >= 15 is 0 Å². The number of hydrogen-bond acceptors (Lipinski definition) is 3. The fourth-order valence-corrected chi connectivity index (χ4v) is 4.01. The van der Waals surface area contributed by atoms with E-state index in [4.69, 9.17) is 0 Å². The van der Waals surface area contributed by atoms with Crippen LogP contribution in [0, 0.1) is 0 Å². The zero-order chi connectivity index (χ0) is 21.8. The summed E-state index contributed by atoms with van der Waals surface area (Å²) in [4.78, 5) is 27.5. The molecule has 5 heteroatoms. The van der Waals surface area contributed by atoms with Crippen molar-refractivity contribution in [2.45, 2.75) is 32.5 Å². The highest BCUT2D eigenvalue weighted by Crippen LogP contribution is 2.34. The molecular formula is C26H27N3O2. The molecule has 0 aromatic heterocycles. The van der Waals surface area contributed by atoms with E-state index in [1.165, 1.54) is 0 Å². The van der Waals surface area contributed by atoms with Crippen LogP contribution in [0.25, 0.3) is 0 Å². The molecule has 0 saturated carbocycles. The third kappa shape index (κ3) is 4.31. The minimum absolute atomic E-state index is 0.0422. The van der Waals surface area contributed by atoms with Gasteiger partial charge in [0.1, 0.15) is 6.17 Å². The summed E-state index contributed by atoms with van der Waals surface area (Å²) in [6, 6.07) is 24.9. The molecule has 0 fully saturated rings. The Labute approximate surface area is 183 Å². The van der Waals surface area contributed by atoms with Crippen LogP contribution in [0.4, 0.5) is 5.69 Å². The molecule has 0 saturated heterocycles. The molecule has 1 aliphatic rings. The molecule has 2 atom stereocenters. The number of anilines is 1. The van der Waals surface area contributed by atoms with Crippen molar-refractivity contribution < 1.29 is 9.59 Å². The molecular weight excluding hydrogens is 386 g/mol. The molecule has 2 N–H and O–H groups in total. The Morgan fingerprint density at radius 1 is 1.00 bits per heavy atom. The third-order valence-corrected chi connectivity index (χ3v) is 5.60. The lowest BCUT2D eigenvalue weighted by Crippen LogP contribution is -2.33. The molecule has 0 radical (unpaired) electrons. The van der Waals surface area contributed by atoms with Gasteiger partial charge in [-0.15, -0.1) is 0 Å². The number of carbonyl (C=O) groups is 2. The maximum atomic E-state index is 12.8. The molecule has 0 bridgehead atoms. The zero-order valence-corrected chi connectivity index (χ0v) is 17.8. The number of fused-ring (bicyclic) bond motifs is 1. The standard InChI is InChI=1S/C26H27N3O2/c1-3-16-29-24(22-14-7-8-15-23(22)26(29)31)28-21-13-9-12-20(17-21)25(30)27-18(2)19-10-5-4-6-11-19/h4-15,17-18,24,28H,3,16H2,1-2H3,(H,27,30)/t18-,24+/m1/s1. The van der Waals surface area contributed by atoms with Crippen LogP contribution in [0.5, 0.6) is 0 Å². The van der Waals surface area contributed by atoms with Gasteiger partial charge in [0, 0.05) is 28.9 Å². The first-order valence-corrected chi connectivity index (χ1v) is 10.7. The van der Waals surface area contributed by atoms with Crippen LogP contribution >= 0.6 is 0 Å². The monoisotopic (exact) mass is 413 g/mol. The molecule has 3 aromatic rings. The largest absolute Gasteiger partial charge is 0.361 e. The van der Waals surface area contributed by atoms with E-state index in [1.807, 2.05) is 84.6 Å². The fourth-order valence-electron chi connectivity index (χ4n) is 4.01. The van der Waals surface area contributed by atoms with Gasteiger partial charge in [-0.2, -0.15) is 0 Å². The van der Waals surface area contributed by atoms with Crippen molar-refractivity contribution >= 4 is 17.5 Å². The van der Waals surface area contributed by atoms with Crippen LogP contribution in [0.15, 0.2) is 78.9 Å². The highest BCUT2D eigenvalue weighted by Gasteiger charge is 2.35. The molecule has 0 unspecified atom stereocenters. The summed E-state index contributed by atoms with van der Waals surface area (Å²) < 4.78 is 0. The number of benzene rings is 3. The van der Waals surface area contributed by atoms with Crippen LogP contribution < -0.4 is 10.6 Å². The first-order valence-electron chi connectivity index (χ1n) is 10.7. The summed E-state index contributed by atoms with van der Waals surface area (Å²) in [5.41, 5.74) is 4.14. The summed E-state index contributed by atoms with van der Waals surface area (Å²) in [5, 5.41) is 6.52. The second kappa shape index (κ2) is 9.04. The van der Waals surface area contributed by atoms with Crippen LogP contribution in [-0.4, -0.2) is 23.3 Å². The van der Waals surface area contributed by atoms with E-state index in [-0.39, 0.29) is 24.0 Å². The molecule has 1 heterocycles. The van der Waals surface area contributed by atoms with Gasteiger partial charge >= 0.3 is 0 Å². The number of rotatable bonds is 7. The Hall–Kier alpha value is -3.60. The van der Waals surface area contributed by atoms with Crippen LogP contribution in [0.2, 0.25) is 0 Å². The normalized spacial score (nSPS) is 16.0. The predicted molar refractivity (Wildman–Crippen MR) is 123 cm³/mol. The maximum absolute atomic E-state index is 12.8. The lowest BCUT2D eigenvalue weighted by Gasteiger charge is -2.27. The van der Waals surface area contributed by atoms with Crippen molar-refractivity contribution in [1.82, 2.24) is 10.2 Å². The molecule has 4 rings (SSSR count). The molecule has 5 nitrogen and oxygen atoms in total. The van der Waals surface area contributed by atoms with Gasteiger partial charge in [-0.05, 0) is 43.2 Å². The first-order chi connectivity index (χ1) is 15.1. The summed E-state index contributed by atoms with van der Waals surface area (Å²) in [6.45, 7) is 4.70. The molecule has 0 spiro atoms. The van der Waals surface area contributed by atoms with E-state index in [2.05, 4.69) is 17.6 Å². The Bertz CT molecular complexity index is 1080. The van der Waals surface area contributed by atoms with E-state index in [0.717, 1.165) is 28.8 Å². The number of hydrogen-bond donors (Lipinski definition) is 2. The Kier molecular flexibility index (Phi) is 6.03. The molecule has 0 aliphatic carbocycles. The van der Waals surface area contributed by atoms with Gasteiger partial charge in [-0.25, -0.2) is 0 Å². The second-order valence-corrected chi connectivity index (χ2v) is 7.82. The van der Waals surface area contributed by atoms with Crippen LogP contribution in [0.1, 0.15) is 64.3 Å². The van der Waals surface area contributed by atoms with E-state index in [9.17, 15) is 9.59 Å². The van der Waals surface area contributed by atoms with Crippen molar-refractivity contribution in [3.8, 4) is 0 Å². The highest BCUT2D eigenvalue weighted by atomic mass is 16.2. The average Bonchev–Trinajstić information content (AvgIpc) is 3.06. The summed E-state index contributed by atoms with van der Waals surface area (Å²) in [7, 11) is 0. The smallest absolute Gasteiger partial charge is 0.256 e. The summed E-state index contributed by atoms with van der Waals surface area (Å²) >= 11 is 0. The Morgan fingerprint density at radius 2 is 1.74 bits per heavy atom. The van der Waals surface area contributed by atoms with Crippen molar-refractivity contribution in [3.05, 3.63) is 101 Å². The van der Waals surface area contributed by atoms with Gasteiger partial charge in [-0.1, -0.05) is 61.5 Å². The highest BCUT2D eigenvalue weighted by molar-refractivity contribution is 5.99. The number of carbonyl (C=O) groups excluding carboxylic acids is 2. The van der Waals surface area contributed by atoms with Crippen LogP contribution in [0.3, 0.4) is 0 Å². The Balaban J connectivity index is 1.53. The van der Waals surface area contributed by atoms with Crippen molar-refractivity contribution in [3.63, 3.8) is 0 Å². The van der Waals surface area contributed by atoms with E-state index < -0.39 is 0 Å². The molecule has 1 aliphatic heterocycles. The van der Waals surface area contributed by atoms with Gasteiger partial charge < -0.3 is 15.5 Å². The van der Waals surface area contributed by atoms with Crippen molar-refractivity contribution in [2.24, 2.45) is 0 Å². The van der Waals surface area contributed by atoms with Gasteiger partial charge in [0.15, 0.2) is 0 Å². The third-order valence-electron chi connectivity index (χ3n) is 5.60. The summed E-state index contributed by atoms with van der Waals surface area (Å²) in [5.74, 6) is -0.0890. The fraction of sp³-hybridized carbons (Fsp3) is 0.231. The lowest BCUT2D eigenvalue weighted by molar-refractivity contribution is 0.0742. The predicted octanol–water partition coefficient (Wildman–Crippen LogP) is 5.15. The molecule has 158 valence electrons. The van der Waals surface area contributed by atoms with Gasteiger partial charge in [-0.3, -0.25) is 9.59 Å². The maximum Gasteiger partial charge on any atom is 0.256 e. The number of nitrogens with one attached hydrogen (secondary N) is 2. The lowest BCUT2D eigenvalue weighted by atomic mass is 10.1. The van der Waals surface area contributed by atoms with E-state index in [1.54, 1.807) is 6.07 Å². The van der Waals surface area contributed by atoms with Gasteiger partial charge in [0.2, 0.25) is 0 Å². The first kappa shape index (κ1) is 20.7. The quantitative estimate of drug-likeness (QED) is 0.563. The molecule has 2 amide bonds. The topological polar surface area (TPSA) is 61.4 Å². The average molecular weight is 414 g/mol. The van der Waals surface area contributed by atoms with E-state index in [0.29, 0.717) is 12.1 Å². The van der Waals surface area contributed by atoms with Crippen molar-refractivity contribution in [1.29, 1.82) is 0 Å². The number of nitrogens with zero attached hydrogens (tertiary/aromatic N) is 1. The number of amides is 2. The molecule has 31 heavy (non-hydrogen) atoms. The minimum atomic E-state index is -0.245. The van der Waals surface area contributed by atoms with Gasteiger partial charge in [0.05, 0.1) is 6.04 Å². The second-order valence-electron chi connectivity index (χ2n) is 7.82. The Morgan fingerprint density at radius 3 is 2.52 bits per heavy atom. The SMILES string of the molecule is CCCN1C(=O)c2ccccc2[C@H]1Nc1cccc(C(=O)N[C@H](C)c2ccccc2)c1. The molecule has 3 aromatic carbocycles. The minimum Gasteiger partial charge on any atom is -0.361 e.